The van der Waals surface area contributed by atoms with E-state index in [4.69, 9.17) is 11.6 Å². The summed E-state index contributed by atoms with van der Waals surface area (Å²) in [5.41, 5.74) is 3.72. The number of ketones is 1. The molecule has 29 heavy (non-hydrogen) atoms. The molecular formula is C24H21ClO3P+. The number of carbonyl (C=O) groups excluding carboxylic acids is 2. The lowest BCUT2D eigenvalue weighted by Gasteiger charge is -2.11. The van der Waals surface area contributed by atoms with Crippen molar-refractivity contribution < 1.29 is 14.2 Å². The van der Waals surface area contributed by atoms with Crippen LogP contribution >= 0.6 is 19.4 Å². The molecule has 0 spiro atoms. The van der Waals surface area contributed by atoms with Crippen molar-refractivity contribution in [3.63, 3.8) is 0 Å². The molecule has 0 heterocycles. The average Bonchev–Trinajstić information content (AvgIpc) is 2.70. The van der Waals surface area contributed by atoms with Gasteiger partial charge in [0.25, 0.3) is 0 Å². The maximum atomic E-state index is 13.2. The summed E-state index contributed by atoms with van der Waals surface area (Å²) in [6, 6.07) is 15.9. The van der Waals surface area contributed by atoms with E-state index in [0.717, 1.165) is 5.56 Å². The third kappa shape index (κ3) is 3.94. The van der Waals surface area contributed by atoms with Crippen LogP contribution in [0.3, 0.4) is 0 Å². The largest absolute Gasteiger partial charge is 0.459 e. The van der Waals surface area contributed by atoms with E-state index in [9.17, 15) is 14.2 Å². The van der Waals surface area contributed by atoms with E-state index in [1.54, 1.807) is 57.2 Å². The Morgan fingerprint density at radius 3 is 2.10 bits per heavy atom. The highest BCUT2D eigenvalue weighted by Crippen LogP contribution is 2.35. The molecule has 5 heteroatoms. The zero-order valence-electron chi connectivity index (χ0n) is 16.7. The molecule has 0 saturated heterocycles. The predicted octanol–water partition coefficient (Wildman–Crippen LogP) is 6.10. The van der Waals surface area contributed by atoms with Gasteiger partial charge in [-0.05, 0) is 51.0 Å². The SMILES string of the molecule is Cc1cccc(Cl)c1C(=O)[P+](=O)c1c(C)cc(C(=O)c2ccccc2)c(C)c1C. The van der Waals surface area contributed by atoms with Gasteiger partial charge in [-0.15, -0.1) is 0 Å². The first-order valence-corrected chi connectivity index (χ1v) is 10.8. The van der Waals surface area contributed by atoms with Crippen LogP contribution in [0.1, 0.15) is 48.5 Å². The standard InChI is InChI=1S/C24H21ClO3P/c1-14-9-8-12-20(25)21(14)24(27)29(28)23-15(2)13-19(16(3)17(23)4)22(26)18-10-6-5-7-11-18/h5-13H,1-4H3/q+1. The highest BCUT2D eigenvalue weighted by molar-refractivity contribution is 7.71. The second-order valence-corrected chi connectivity index (χ2v) is 8.92. The van der Waals surface area contributed by atoms with E-state index in [1.807, 2.05) is 25.1 Å². The van der Waals surface area contributed by atoms with Crippen LogP contribution in [0, 0.1) is 27.7 Å². The molecular weight excluding hydrogens is 403 g/mol. The van der Waals surface area contributed by atoms with Crippen LogP contribution < -0.4 is 5.30 Å². The molecule has 1 atom stereocenters. The van der Waals surface area contributed by atoms with E-state index < -0.39 is 13.3 Å². The van der Waals surface area contributed by atoms with Gasteiger partial charge in [0, 0.05) is 22.3 Å². The van der Waals surface area contributed by atoms with Crippen molar-refractivity contribution in [1.29, 1.82) is 0 Å². The van der Waals surface area contributed by atoms with Crippen LogP contribution in [0.15, 0.2) is 54.6 Å². The molecule has 0 aromatic heterocycles. The minimum absolute atomic E-state index is 0.0932. The molecule has 3 nitrogen and oxygen atoms in total. The lowest BCUT2D eigenvalue weighted by atomic mass is 9.94. The van der Waals surface area contributed by atoms with Crippen LogP contribution in [-0.4, -0.2) is 11.3 Å². The van der Waals surface area contributed by atoms with Crippen LogP contribution in [0.4, 0.5) is 0 Å². The van der Waals surface area contributed by atoms with E-state index in [0.29, 0.717) is 38.1 Å². The number of carbonyl (C=O) groups is 2. The van der Waals surface area contributed by atoms with Crippen molar-refractivity contribution >= 4 is 36.0 Å². The zero-order valence-corrected chi connectivity index (χ0v) is 18.4. The van der Waals surface area contributed by atoms with Gasteiger partial charge in [-0.1, -0.05) is 58.6 Å². The van der Waals surface area contributed by atoms with Crippen molar-refractivity contribution in [1.82, 2.24) is 0 Å². The Bertz CT molecular complexity index is 1130. The van der Waals surface area contributed by atoms with Gasteiger partial charge in [-0.3, -0.25) is 4.79 Å². The summed E-state index contributed by atoms with van der Waals surface area (Å²) >= 11 is 6.21. The lowest BCUT2D eigenvalue weighted by Crippen LogP contribution is -2.17. The molecule has 0 fully saturated rings. The quantitative estimate of drug-likeness (QED) is 0.368. The first kappa shape index (κ1) is 21.1. The van der Waals surface area contributed by atoms with Crippen molar-refractivity contribution in [3.05, 3.63) is 98.6 Å². The molecule has 3 rings (SSSR count). The van der Waals surface area contributed by atoms with E-state index in [1.165, 1.54) is 0 Å². The maximum absolute atomic E-state index is 13.2. The molecule has 0 aliphatic rings. The fourth-order valence-corrected chi connectivity index (χ4v) is 5.40. The van der Waals surface area contributed by atoms with Gasteiger partial charge in [-0.2, -0.15) is 0 Å². The van der Waals surface area contributed by atoms with Crippen LogP contribution in [0.5, 0.6) is 0 Å². The molecule has 3 aromatic rings. The van der Waals surface area contributed by atoms with Gasteiger partial charge in [0.2, 0.25) is 5.30 Å². The molecule has 0 radical (unpaired) electrons. The summed E-state index contributed by atoms with van der Waals surface area (Å²) < 4.78 is 13.2. The minimum Gasteiger partial charge on any atom is -0.289 e. The fraction of sp³-hybridized carbons (Fsp3) is 0.167. The predicted molar refractivity (Wildman–Crippen MR) is 118 cm³/mol. The molecule has 0 amide bonds. The summed E-state index contributed by atoms with van der Waals surface area (Å²) in [4.78, 5) is 25.9. The third-order valence-electron chi connectivity index (χ3n) is 5.16. The van der Waals surface area contributed by atoms with E-state index >= 15 is 0 Å². The summed E-state index contributed by atoms with van der Waals surface area (Å²) in [5.74, 6) is -0.0932. The Kier molecular flexibility index (Phi) is 6.12. The van der Waals surface area contributed by atoms with Gasteiger partial charge >= 0.3 is 13.3 Å². The maximum Gasteiger partial charge on any atom is 0.459 e. The molecule has 0 aliphatic carbocycles. The van der Waals surface area contributed by atoms with E-state index in [-0.39, 0.29) is 11.3 Å². The zero-order chi connectivity index (χ0) is 21.3. The number of halogens is 1. The molecule has 3 aromatic carbocycles. The van der Waals surface area contributed by atoms with Gasteiger partial charge < -0.3 is 0 Å². The van der Waals surface area contributed by atoms with Crippen molar-refractivity contribution in [2.24, 2.45) is 0 Å². The van der Waals surface area contributed by atoms with E-state index in [2.05, 4.69) is 0 Å². The van der Waals surface area contributed by atoms with Crippen molar-refractivity contribution in [3.8, 4) is 0 Å². The monoisotopic (exact) mass is 423 g/mol. The molecule has 0 saturated carbocycles. The highest BCUT2D eigenvalue weighted by Gasteiger charge is 2.39. The number of rotatable bonds is 5. The third-order valence-corrected chi connectivity index (χ3v) is 7.16. The molecule has 1 unspecified atom stereocenters. The highest BCUT2D eigenvalue weighted by atomic mass is 35.5. The Hall–Kier alpha value is -2.61. The number of aryl methyl sites for hydroxylation is 2. The van der Waals surface area contributed by atoms with Crippen LogP contribution in [0.25, 0.3) is 0 Å². The first-order valence-electron chi connectivity index (χ1n) is 9.21. The Balaban J connectivity index is 2.08. The second kappa shape index (κ2) is 8.41. The number of hydrogen-bond donors (Lipinski definition) is 0. The molecule has 0 N–H and O–H groups in total. The smallest absolute Gasteiger partial charge is 0.289 e. The number of benzene rings is 3. The summed E-state index contributed by atoms with van der Waals surface area (Å²) in [5, 5.41) is 0.771. The molecule has 0 bridgehead atoms. The van der Waals surface area contributed by atoms with Gasteiger partial charge in [0.1, 0.15) is 0 Å². The Labute approximate surface area is 176 Å². The summed E-state index contributed by atoms with van der Waals surface area (Å²) in [6.45, 7) is 7.18. The topological polar surface area (TPSA) is 51.2 Å². The fourth-order valence-electron chi connectivity index (χ4n) is 3.47. The lowest BCUT2D eigenvalue weighted by molar-refractivity contribution is 0.103. The minimum atomic E-state index is -2.37. The summed E-state index contributed by atoms with van der Waals surface area (Å²) in [7, 11) is -2.37. The van der Waals surface area contributed by atoms with Crippen molar-refractivity contribution in [2.45, 2.75) is 27.7 Å². The van der Waals surface area contributed by atoms with Gasteiger partial charge in [-0.25, -0.2) is 4.79 Å². The number of hydrogen-bond acceptors (Lipinski definition) is 3. The second-order valence-electron chi connectivity index (χ2n) is 7.07. The van der Waals surface area contributed by atoms with Crippen molar-refractivity contribution in [2.75, 3.05) is 0 Å². The van der Waals surface area contributed by atoms with Gasteiger partial charge in [0.05, 0.1) is 10.6 Å². The Morgan fingerprint density at radius 1 is 0.828 bits per heavy atom. The average molecular weight is 424 g/mol. The summed E-state index contributed by atoms with van der Waals surface area (Å²) in [6.07, 6.45) is 0. The normalized spacial score (nSPS) is 11.3. The van der Waals surface area contributed by atoms with Crippen LogP contribution in [0.2, 0.25) is 5.02 Å². The molecule has 146 valence electrons. The van der Waals surface area contributed by atoms with Gasteiger partial charge in [0.15, 0.2) is 5.78 Å². The van der Waals surface area contributed by atoms with Crippen LogP contribution in [-0.2, 0) is 4.57 Å². The molecule has 0 aliphatic heterocycles. The first-order chi connectivity index (χ1) is 13.7. The Morgan fingerprint density at radius 2 is 1.48 bits per heavy atom.